The predicted octanol–water partition coefficient (Wildman–Crippen LogP) is -1.33. The van der Waals surface area contributed by atoms with Crippen LogP contribution in [-0.2, 0) is 20.1 Å². The van der Waals surface area contributed by atoms with Gasteiger partial charge in [-0.25, -0.2) is 0 Å². The zero-order valence-electron chi connectivity index (χ0n) is 1.66. The molecule has 2 radical (unpaired) electrons. The Morgan fingerprint density at radius 3 is 1.25 bits per heavy atom. The Bertz CT molecular complexity index is 6.00. The Kier molecular flexibility index (Phi) is 159. The van der Waals surface area contributed by atoms with Gasteiger partial charge < -0.3 is 5.48 Å². The van der Waals surface area contributed by atoms with Crippen molar-refractivity contribution in [1.29, 1.82) is 0 Å². The number of rotatable bonds is 0. The third kappa shape index (κ3) is 11.3. The minimum atomic E-state index is 0. The van der Waals surface area contributed by atoms with Crippen LogP contribution < -0.4 is 0 Å². The molecule has 0 saturated carbocycles. The number of hydrogen-bond donors (Lipinski definition) is 0. The van der Waals surface area contributed by atoms with Crippen molar-refractivity contribution in [3.63, 3.8) is 0 Å². The molecule has 0 aliphatic carbocycles. The second-order valence-corrected chi connectivity index (χ2v) is 0. The molecule has 0 amide bonds. The fourth-order valence-electron chi connectivity index (χ4n) is 0. The fraction of sp³-hybridized carbons (Fsp3) is 0. The summed E-state index contributed by atoms with van der Waals surface area (Å²) in [5.41, 5.74) is 0. The van der Waals surface area contributed by atoms with Gasteiger partial charge in [0.25, 0.3) is 0 Å². The molecule has 0 heterocycles. The molecule has 0 aliphatic heterocycles. The Morgan fingerprint density at radius 1 is 1.25 bits per heavy atom. The second-order valence-electron chi connectivity index (χ2n) is 0. The van der Waals surface area contributed by atoms with Crippen molar-refractivity contribution in [3.05, 3.63) is 0 Å². The molecule has 2 nitrogen and oxygen atoms in total. The molecule has 0 aliphatic rings. The standard InChI is InChI=1S/Cu.H2O.O.Sb/h;1H2;;. The maximum absolute atomic E-state index is 8.30. The van der Waals surface area contributed by atoms with E-state index in [1.165, 1.54) is 0 Å². The summed E-state index contributed by atoms with van der Waals surface area (Å²) in [6, 6.07) is 0. The molecule has 0 rings (SSSR count). The first-order chi connectivity index (χ1) is 1.00. The quantitative estimate of drug-likeness (QED) is 0.466. The van der Waals surface area contributed by atoms with Crippen molar-refractivity contribution >= 4 is 23.0 Å². The average Bonchev–Trinajstić information content (AvgIpc) is 1.00. The van der Waals surface area contributed by atoms with E-state index in [9.17, 15) is 0 Å². The molecule has 0 aromatic carbocycles. The summed E-state index contributed by atoms with van der Waals surface area (Å²) >= 11 is 0.500. The molecule has 0 aromatic heterocycles. The van der Waals surface area contributed by atoms with Gasteiger partial charge in [-0.15, -0.1) is 0 Å². The van der Waals surface area contributed by atoms with E-state index in [1.807, 2.05) is 0 Å². The van der Waals surface area contributed by atoms with Gasteiger partial charge >= 0.3 is 26.0 Å². The van der Waals surface area contributed by atoms with Crippen molar-refractivity contribution in [2.75, 3.05) is 0 Å². The average molecular weight is 219 g/mol. The van der Waals surface area contributed by atoms with E-state index >= 15 is 0 Å². The topological polar surface area (TPSA) is 48.6 Å². The van der Waals surface area contributed by atoms with Crippen molar-refractivity contribution in [2.24, 2.45) is 0 Å². The molecule has 4 heteroatoms. The van der Waals surface area contributed by atoms with Gasteiger partial charge in [0.05, 0.1) is 0 Å². The van der Waals surface area contributed by atoms with Crippen molar-refractivity contribution in [2.45, 2.75) is 0 Å². The molecule has 0 bridgehead atoms. The van der Waals surface area contributed by atoms with Gasteiger partial charge in [-0.1, -0.05) is 0 Å². The van der Waals surface area contributed by atoms with Crippen LogP contribution in [0.4, 0.5) is 0 Å². The minimum absolute atomic E-state index is 0. The molecule has 0 saturated heterocycles. The SMILES string of the molecule is O.[Cu].[O]=[Sb]. The third-order valence-electron chi connectivity index (χ3n) is 0. The predicted molar refractivity (Wildman–Crippen MR) is 10.1 cm³/mol. The van der Waals surface area contributed by atoms with Crippen LogP contribution in [0.5, 0.6) is 0 Å². The van der Waals surface area contributed by atoms with Crippen LogP contribution in [0.3, 0.4) is 0 Å². The monoisotopic (exact) mass is 218 g/mol. The van der Waals surface area contributed by atoms with Crippen LogP contribution in [0.1, 0.15) is 0 Å². The molecule has 30 valence electrons. The first kappa shape index (κ1) is 19.5. The Hall–Kier alpha value is 1.10. The zero-order valence-corrected chi connectivity index (χ0v) is 5.15. The van der Waals surface area contributed by atoms with Crippen molar-refractivity contribution < 1.29 is 25.6 Å². The zero-order chi connectivity index (χ0) is 2.00. The van der Waals surface area contributed by atoms with Gasteiger partial charge in [-0.2, -0.15) is 0 Å². The Morgan fingerprint density at radius 2 is 1.25 bits per heavy atom. The van der Waals surface area contributed by atoms with Gasteiger partial charge in [0.15, 0.2) is 0 Å². The van der Waals surface area contributed by atoms with E-state index in [0.29, 0.717) is 23.0 Å². The number of hydrogen-bond acceptors (Lipinski definition) is 1. The summed E-state index contributed by atoms with van der Waals surface area (Å²) in [7, 11) is 0. The fourth-order valence-corrected chi connectivity index (χ4v) is 0. The Labute approximate surface area is 48.6 Å². The molecular formula is H2CuO2Sb. The summed E-state index contributed by atoms with van der Waals surface area (Å²) in [5, 5.41) is 0. The van der Waals surface area contributed by atoms with Crippen LogP contribution in [-0.4, -0.2) is 28.5 Å². The van der Waals surface area contributed by atoms with E-state index in [-0.39, 0.29) is 22.5 Å². The normalized spacial score (nSPS) is 1.00. The summed E-state index contributed by atoms with van der Waals surface area (Å²) in [5.74, 6) is 0. The van der Waals surface area contributed by atoms with Crippen LogP contribution in [0.2, 0.25) is 0 Å². The molecule has 0 atom stereocenters. The van der Waals surface area contributed by atoms with Gasteiger partial charge in [0.1, 0.15) is 0 Å². The third-order valence-corrected chi connectivity index (χ3v) is 0. The summed E-state index contributed by atoms with van der Waals surface area (Å²) in [4.78, 5) is 0. The van der Waals surface area contributed by atoms with E-state index < -0.39 is 0 Å². The van der Waals surface area contributed by atoms with Crippen LogP contribution in [0.25, 0.3) is 0 Å². The van der Waals surface area contributed by atoms with Gasteiger partial charge in [0.2, 0.25) is 0 Å². The van der Waals surface area contributed by atoms with Gasteiger partial charge in [0, 0.05) is 17.1 Å². The van der Waals surface area contributed by atoms with E-state index in [4.69, 9.17) is 3.02 Å². The van der Waals surface area contributed by atoms with E-state index in [0.717, 1.165) is 0 Å². The van der Waals surface area contributed by atoms with Gasteiger partial charge in [-0.3, -0.25) is 0 Å². The first-order valence-electron chi connectivity index (χ1n) is 0.183. The molecule has 0 unspecified atom stereocenters. The molecular weight excluding hydrogens is 217 g/mol. The molecule has 0 fully saturated rings. The second kappa shape index (κ2) is 32.6. The summed E-state index contributed by atoms with van der Waals surface area (Å²) in [6.45, 7) is 0. The molecule has 0 spiro atoms. The summed E-state index contributed by atoms with van der Waals surface area (Å²) < 4.78 is 8.30. The maximum atomic E-state index is 8.30. The van der Waals surface area contributed by atoms with Crippen LogP contribution in [0.15, 0.2) is 0 Å². The van der Waals surface area contributed by atoms with Crippen LogP contribution >= 0.6 is 0 Å². The van der Waals surface area contributed by atoms with E-state index in [2.05, 4.69) is 0 Å². The Balaban J connectivity index is -0.00000000500. The van der Waals surface area contributed by atoms with E-state index in [1.54, 1.807) is 0 Å². The molecule has 0 aromatic rings. The first-order valence-corrected chi connectivity index (χ1v) is 1.22. The van der Waals surface area contributed by atoms with Crippen LogP contribution in [0, 0.1) is 0 Å². The van der Waals surface area contributed by atoms with Crippen molar-refractivity contribution in [1.82, 2.24) is 0 Å². The summed E-state index contributed by atoms with van der Waals surface area (Å²) in [6.07, 6.45) is 0. The molecule has 2 N–H and O–H groups in total. The van der Waals surface area contributed by atoms with Gasteiger partial charge in [-0.05, 0) is 0 Å². The molecule has 4 heavy (non-hydrogen) atoms. The van der Waals surface area contributed by atoms with Crippen molar-refractivity contribution in [3.8, 4) is 0 Å².